The number of esters is 1. The van der Waals surface area contributed by atoms with Crippen molar-refractivity contribution in [2.75, 3.05) is 6.61 Å². The second-order valence-corrected chi connectivity index (χ2v) is 5.92. The minimum Gasteiger partial charge on any atom is -0.453 e. The molecule has 4 rings (SSSR count). The summed E-state index contributed by atoms with van der Waals surface area (Å²) in [4.78, 5) is 28.2. The van der Waals surface area contributed by atoms with Crippen LogP contribution in [-0.4, -0.2) is 23.3 Å². The zero-order valence-corrected chi connectivity index (χ0v) is 13.4. The zero-order valence-electron chi connectivity index (χ0n) is 13.4. The summed E-state index contributed by atoms with van der Waals surface area (Å²) in [6.07, 6.45) is 2.39. The van der Waals surface area contributed by atoms with E-state index >= 15 is 0 Å². The molecule has 3 aromatic rings. The molecule has 0 aliphatic heterocycles. The van der Waals surface area contributed by atoms with Crippen LogP contribution in [0.25, 0.3) is 11.1 Å². The molecule has 1 aliphatic rings. The topological polar surface area (TPSA) is 56.3 Å². The van der Waals surface area contributed by atoms with Gasteiger partial charge in [0.25, 0.3) is 0 Å². The highest BCUT2D eigenvalue weighted by Crippen LogP contribution is 2.36. The molecule has 2 aromatic carbocycles. The zero-order chi connectivity index (χ0) is 17.2. The Morgan fingerprint density at radius 1 is 0.920 bits per heavy atom. The van der Waals surface area contributed by atoms with E-state index in [0.717, 1.165) is 17.5 Å². The predicted octanol–water partition coefficient (Wildman–Crippen LogP) is 3.69. The maximum Gasteiger partial charge on any atom is 0.357 e. The number of pyridine rings is 1. The van der Waals surface area contributed by atoms with Crippen LogP contribution in [0, 0.1) is 0 Å². The van der Waals surface area contributed by atoms with E-state index in [2.05, 4.69) is 17.1 Å². The van der Waals surface area contributed by atoms with Crippen molar-refractivity contribution in [1.82, 2.24) is 4.98 Å². The third-order valence-corrected chi connectivity index (χ3v) is 4.33. The number of fused-ring (bicyclic) bond motifs is 3. The number of nitrogens with zero attached hydrogens (tertiary/aromatic N) is 1. The van der Waals surface area contributed by atoms with Crippen LogP contribution in [0.2, 0.25) is 0 Å². The molecular formula is C21H15NO3. The van der Waals surface area contributed by atoms with Gasteiger partial charge >= 0.3 is 5.97 Å². The molecule has 1 heterocycles. The molecule has 0 radical (unpaired) electrons. The van der Waals surface area contributed by atoms with Gasteiger partial charge in [0.2, 0.25) is 0 Å². The summed E-state index contributed by atoms with van der Waals surface area (Å²) in [6.45, 7) is -0.296. The number of hydrogen-bond acceptors (Lipinski definition) is 4. The van der Waals surface area contributed by atoms with E-state index in [1.807, 2.05) is 24.3 Å². The molecule has 0 N–H and O–H groups in total. The molecule has 0 spiro atoms. The summed E-state index contributed by atoms with van der Waals surface area (Å²) in [7, 11) is 0. The van der Waals surface area contributed by atoms with E-state index in [1.54, 1.807) is 24.3 Å². The number of aromatic nitrogens is 1. The summed E-state index contributed by atoms with van der Waals surface area (Å²) >= 11 is 0. The van der Waals surface area contributed by atoms with Crippen LogP contribution in [-0.2, 0) is 11.2 Å². The first-order valence-corrected chi connectivity index (χ1v) is 8.05. The molecular weight excluding hydrogens is 314 g/mol. The lowest BCUT2D eigenvalue weighted by Gasteiger charge is -2.06. The first-order chi connectivity index (χ1) is 12.2. The fraction of sp³-hybridized carbons (Fsp3) is 0.0952. The Labute approximate surface area is 145 Å². The Kier molecular flexibility index (Phi) is 3.86. The fourth-order valence-corrected chi connectivity index (χ4v) is 3.07. The number of benzene rings is 2. The van der Waals surface area contributed by atoms with Crippen molar-refractivity contribution in [1.29, 1.82) is 0 Å². The smallest absolute Gasteiger partial charge is 0.357 e. The average Bonchev–Trinajstić information content (AvgIpc) is 3.04. The summed E-state index contributed by atoms with van der Waals surface area (Å²) in [5.41, 5.74) is 5.46. The summed E-state index contributed by atoms with van der Waals surface area (Å²) in [5, 5.41) is 0. The Morgan fingerprint density at radius 3 is 2.56 bits per heavy atom. The number of ketones is 1. The van der Waals surface area contributed by atoms with Gasteiger partial charge in [0.15, 0.2) is 12.4 Å². The monoisotopic (exact) mass is 329 g/mol. The minimum absolute atomic E-state index is 0.193. The Balaban J connectivity index is 1.50. The summed E-state index contributed by atoms with van der Waals surface area (Å²) < 4.78 is 5.08. The Morgan fingerprint density at radius 2 is 1.72 bits per heavy atom. The Bertz CT molecular complexity index is 964. The van der Waals surface area contributed by atoms with Gasteiger partial charge in [-0.25, -0.2) is 9.78 Å². The van der Waals surface area contributed by atoms with E-state index in [1.165, 1.54) is 17.3 Å². The quantitative estimate of drug-likeness (QED) is 0.423. The molecule has 0 unspecified atom stereocenters. The SMILES string of the molecule is O=C(COC(=O)c1ccccn1)c1ccc2c(c1)-c1ccccc1C2. The molecule has 0 saturated carbocycles. The Hall–Kier alpha value is -3.27. The number of carbonyl (C=O) groups excluding carboxylic acids is 2. The van der Waals surface area contributed by atoms with Crippen molar-refractivity contribution in [3.8, 4) is 11.1 Å². The second-order valence-electron chi connectivity index (χ2n) is 5.92. The van der Waals surface area contributed by atoms with Crippen molar-refractivity contribution in [2.45, 2.75) is 6.42 Å². The molecule has 122 valence electrons. The van der Waals surface area contributed by atoms with Crippen molar-refractivity contribution < 1.29 is 14.3 Å². The van der Waals surface area contributed by atoms with Gasteiger partial charge in [0.1, 0.15) is 5.69 Å². The number of Topliss-reactive ketones (excluding diaryl/α,β-unsaturated/α-hetero) is 1. The van der Waals surface area contributed by atoms with E-state index in [0.29, 0.717) is 5.56 Å². The van der Waals surface area contributed by atoms with Crippen LogP contribution in [0.4, 0.5) is 0 Å². The van der Waals surface area contributed by atoms with Gasteiger partial charge in [-0.3, -0.25) is 4.79 Å². The highest BCUT2D eigenvalue weighted by Gasteiger charge is 2.20. The molecule has 4 heteroatoms. The molecule has 0 amide bonds. The van der Waals surface area contributed by atoms with Gasteiger partial charge in [0, 0.05) is 11.8 Å². The summed E-state index contributed by atoms with van der Waals surface area (Å²) in [5.74, 6) is -0.822. The van der Waals surface area contributed by atoms with Crippen LogP contribution < -0.4 is 0 Å². The van der Waals surface area contributed by atoms with Crippen molar-refractivity contribution in [3.63, 3.8) is 0 Å². The van der Waals surface area contributed by atoms with Crippen LogP contribution in [0.5, 0.6) is 0 Å². The third kappa shape index (κ3) is 2.94. The van der Waals surface area contributed by atoms with E-state index in [-0.39, 0.29) is 18.1 Å². The van der Waals surface area contributed by atoms with Gasteiger partial charge in [-0.1, -0.05) is 42.5 Å². The average molecular weight is 329 g/mol. The molecule has 1 aromatic heterocycles. The van der Waals surface area contributed by atoms with E-state index in [9.17, 15) is 9.59 Å². The van der Waals surface area contributed by atoms with E-state index in [4.69, 9.17) is 4.74 Å². The number of hydrogen-bond donors (Lipinski definition) is 0. The fourth-order valence-electron chi connectivity index (χ4n) is 3.07. The molecule has 0 saturated heterocycles. The lowest BCUT2D eigenvalue weighted by molar-refractivity contribution is 0.0469. The van der Waals surface area contributed by atoms with Gasteiger partial charge in [-0.2, -0.15) is 0 Å². The number of ether oxygens (including phenoxy) is 1. The first kappa shape index (κ1) is 15.3. The highest BCUT2D eigenvalue weighted by molar-refractivity contribution is 6.00. The molecule has 0 atom stereocenters. The lowest BCUT2D eigenvalue weighted by atomic mass is 10.0. The van der Waals surface area contributed by atoms with Crippen LogP contribution in [0.15, 0.2) is 66.9 Å². The standard InChI is InChI=1S/C21H15NO3/c23-20(13-25-21(24)19-7-3-4-10-22-19)16-9-8-15-11-14-5-1-2-6-17(14)18(15)12-16/h1-10,12H,11,13H2. The largest absolute Gasteiger partial charge is 0.453 e. The van der Waals surface area contributed by atoms with Crippen LogP contribution in [0.1, 0.15) is 32.0 Å². The number of rotatable bonds is 4. The first-order valence-electron chi connectivity index (χ1n) is 8.05. The molecule has 0 fully saturated rings. The third-order valence-electron chi connectivity index (χ3n) is 4.33. The minimum atomic E-state index is -0.597. The van der Waals surface area contributed by atoms with Crippen molar-refractivity contribution >= 4 is 11.8 Å². The molecule has 1 aliphatic carbocycles. The number of carbonyl (C=O) groups is 2. The van der Waals surface area contributed by atoms with Gasteiger partial charge in [-0.05, 0) is 46.9 Å². The van der Waals surface area contributed by atoms with Gasteiger partial charge in [0.05, 0.1) is 0 Å². The van der Waals surface area contributed by atoms with Crippen molar-refractivity contribution in [3.05, 3.63) is 89.2 Å². The predicted molar refractivity (Wildman–Crippen MR) is 93.5 cm³/mol. The van der Waals surface area contributed by atoms with Gasteiger partial charge in [-0.15, -0.1) is 0 Å². The maximum atomic E-state index is 12.4. The lowest BCUT2D eigenvalue weighted by Crippen LogP contribution is -2.15. The normalized spacial score (nSPS) is 11.5. The summed E-state index contributed by atoms with van der Waals surface area (Å²) in [6, 6.07) is 18.8. The molecule has 25 heavy (non-hydrogen) atoms. The highest BCUT2D eigenvalue weighted by atomic mass is 16.5. The molecule has 4 nitrogen and oxygen atoms in total. The second kappa shape index (κ2) is 6.32. The van der Waals surface area contributed by atoms with E-state index < -0.39 is 5.97 Å². The van der Waals surface area contributed by atoms with Crippen LogP contribution >= 0.6 is 0 Å². The van der Waals surface area contributed by atoms with Gasteiger partial charge < -0.3 is 4.74 Å². The van der Waals surface area contributed by atoms with Crippen LogP contribution in [0.3, 0.4) is 0 Å². The maximum absolute atomic E-state index is 12.4. The molecule has 0 bridgehead atoms. The van der Waals surface area contributed by atoms with Crippen molar-refractivity contribution in [2.24, 2.45) is 0 Å².